The SMILES string of the molecule is CC1c2ccsc2CCN1c1ncc(CN)cn1. The topological polar surface area (TPSA) is 55.0 Å². The van der Waals surface area contributed by atoms with Crippen LogP contribution in [0.1, 0.15) is 29.0 Å². The molecule has 0 spiro atoms. The van der Waals surface area contributed by atoms with E-state index >= 15 is 0 Å². The molecule has 1 aliphatic heterocycles. The summed E-state index contributed by atoms with van der Waals surface area (Å²) in [7, 11) is 0. The summed E-state index contributed by atoms with van der Waals surface area (Å²) in [5.41, 5.74) is 7.95. The minimum Gasteiger partial charge on any atom is -0.334 e. The van der Waals surface area contributed by atoms with Gasteiger partial charge in [0.2, 0.25) is 5.95 Å². The first kappa shape index (κ1) is 11.6. The molecule has 2 aromatic heterocycles. The fraction of sp³-hybridized carbons (Fsp3) is 0.385. The highest BCUT2D eigenvalue weighted by molar-refractivity contribution is 7.10. The molecule has 0 aliphatic carbocycles. The molecule has 0 amide bonds. The van der Waals surface area contributed by atoms with Gasteiger partial charge < -0.3 is 10.6 Å². The predicted octanol–water partition coefficient (Wildman–Crippen LogP) is 2.12. The van der Waals surface area contributed by atoms with Gasteiger partial charge in [-0.1, -0.05) is 0 Å². The highest BCUT2D eigenvalue weighted by Gasteiger charge is 2.26. The van der Waals surface area contributed by atoms with Crippen LogP contribution in [0.2, 0.25) is 0 Å². The number of fused-ring (bicyclic) bond motifs is 1. The van der Waals surface area contributed by atoms with Crippen LogP contribution in [-0.2, 0) is 13.0 Å². The third-order valence-corrected chi connectivity index (χ3v) is 4.46. The molecule has 1 aliphatic rings. The number of thiophene rings is 1. The number of nitrogens with two attached hydrogens (primary N) is 1. The van der Waals surface area contributed by atoms with E-state index in [1.54, 1.807) is 0 Å². The Kier molecular flexibility index (Phi) is 3.01. The molecule has 0 radical (unpaired) electrons. The van der Waals surface area contributed by atoms with Crippen molar-refractivity contribution >= 4 is 17.3 Å². The fourth-order valence-corrected chi connectivity index (χ4v) is 3.35. The quantitative estimate of drug-likeness (QED) is 0.898. The Morgan fingerprint density at radius 1 is 1.44 bits per heavy atom. The summed E-state index contributed by atoms with van der Waals surface area (Å²) in [6.07, 6.45) is 4.72. The minimum absolute atomic E-state index is 0.351. The molecule has 18 heavy (non-hydrogen) atoms. The van der Waals surface area contributed by atoms with E-state index in [0.29, 0.717) is 12.6 Å². The van der Waals surface area contributed by atoms with Crippen molar-refractivity contribution in [3.8, 4) is 0 Å². The standard InChI is InChI=1S/C13H16N4S/c1-9-11-3-5-18-12(11)2-4-17(9)13-15-7-10(6-14)8-16-13/h3,5,7-9H,2,4,6,14H2,1H3. The number of rotatable bonds is 2. The third-order valence-electron chi connectivity index (χ3n) is 3.46. The van der Waals surface area contributed by atoms with Crippen LogP contribution in [-0.4, -0.2) is 16.5 Å². The molecule has 1 unspecified atom stereocenters. The van der Waals surface area contributed by atoms with Gasteiger partial charge in [0.1, 0.15) is 0 Å². The Hall–Kier alpha value is -1.46. The smallest absolute Gasteiger partial charge is 0.225 e. The maximum absolute atomic E-state index is 5.56. The molecular formula is C13H16N4S. The molecule has 3 rings (SSSR count). The lowest BCUT2D eigenvalue weighted by atomic mass is 10.0. The van der Waals surface area contributed by atoms with Crippen LogP contribution >= 0.6 is 11.3 Å². The van der Waals surface area contributed by atoms with E-state index in [-0.39, 0.29) is 0 Å². The molecule has 3 heterocycles. The summed E-state index contributed by atoms with van der Waals surface area (Å²) >= 11 is 1.85. The van der Waals surface area contributed by atoms with E-state index in [2.05, 4.69) is 33.2 Å². The number of hydrogen-bond acceptors (Lipinski definition) is 5. The maximum Gasteiger partial charge on any atom is 0.225 e. The lowest BCUT2D eigenvalue weighted by Gasteiger charge is -2.33. The van der Waals surface area contributed by atoms with Gasteiger partial charge in [0.05, 0.1) is 6.04 Å². The summed E-state index contributed by atoms with van der Waals surface area (Å²) in [5.74, 6) is 0.802. The second kappa shape index (κ2) is 4.66. The van der Waals surface area contributed by atoms with Gasteiger partial charge in [0.15, 0.2) is 0 Å². The summed E-state index contributed by atoms with van der Waals surface area (Å²) in [4.78, 5) is 12.6. The van der Waals surface area contributed by atoms with Gasteiger partial charge in [-0.3, -0.25) is 0 Å². The molecule has 94 valence electrons. The highest BCUT2D eigenvalue weighted by atomic mass is 32.1. The Balaban J connectivity index is 1.89. The molecule has 5 heteroatoms. The monoisotopic (exact) mass is 260 g/mol. The second-order valence-corrected chi connectivity index (χ2v) is 5.51. The molecule has 0 saturated heterocycles. The van der Waals surface area contributed by atoms with E-state index < -0.39 is 0 Å². The molecule has 0 bridgehead atoms. The molecular weight excluding hydrogens is 244 g/mol. The normalized spacial score (nSPS) is 18.8. The zero-order valence-electron chi connectivity index (χ0n) is 10.3. The van der Waals surface area contributed by atoms with Crippen LogP contribution < -0.4 is 10.6 Å². The van der Waals surface area contributed by atoms with Crippen LogP contribution in [0.3, 0.4) is 0 Å². The van der Waals surface area contributed by atoms with Gasteiger partial charge >= 0.3 is 0 Å². The van der Waals surface area contributed by atoms with Crippen molar-refractivity contribution < 1.29 is 0 Å². The Morgan fingerprint density at radius 3 is 2.94 bits per heavy atom. The average Bonchev–Trinajstić information content (AvgIpc) is 2.89. The first-order valence-corrected chi connectivity index (χ1v) is 7.01. The van der Waals surface area contributed by atoms with Crippen molar-refractivity contribution in [1.29, 1.82) is 0 Å². The van der Waals surface area contributed by atoms with Crippen LogP contribution in [0.25, 0.3) is 0 Å². The lowest BCUT2D eigenvalue weighted by Crippen LogP contribution is -2.34. The Bertz CT molecular complexity index is 534. The minimum atomic E-state index is 0.351. The van der Waals surface area contributed by atoms with E-state index in [1.165, 1.54) is 10.4 Å². The lowest BCUT2D eigenvalue weighted by molar-refractivity contribution is 0.615. The van der Waals surface area contributed by atoms with Crippen molar-refractivity contribution in [2.24, 2.45) is 5.73 Å². The number of nitrogens with zero attached hydrogens (tertiary/aromatic N) is 3. The summed E-state index contributed by atoms with van der Waals surface area (Å²) in [5, 5.41) is 2.17. The fourth-order valence-electron chi connectivity index (χ4n) is 2.38. The van der Waals surface area contributed by atoms with Gasteiger partial charge in [0, 0.05) is 35.9 Å². The number of hydrogen-bond donors (Lipinski definition) is 1. The zero-order chi connectivity index (χ0) is 12.5. The number of aromatic nitrogens is 2. The molecule has 0 fully saturated rings. The largest absolute Gasteiger partial charge is 0.334 e. The van der Waals surface area contributed by atoms with Gasteiger partial charge in [-0.2, -0.15) is 0 Å². The molecule has 0 saturated carbocycles. The third kappa shape index (κ3) is 1.89. The molecule has 1 atom stereocenters. The van der Waals surface area contributed by atoms with Crippen LogP contribution in [0, 0.1) is 0 Å². The summed E-state index contributed by atoms with van der Waals surface area (Å²) in [6, 6.07) is 2.56. The average molecular weight is 260 g/mol. The Labute approximate surface area is 110 Å². The van der Waals surface area contributed by atoms with Crippen LogP contribution in [0.15, 0.2) is 23.8 Å². The molecule has 2 N–H and O–H groups in total. The van der Waals surface area contributed by atoms with Crippen molar-refractivity contribution in [1.82, 2.24) is 9.97 Å². The van der Waals surface area contributed by atoms with Crippen LogP contribution in [0.4, 0.5) is 5.95 Å². The first-order valence-electron chi connectivity index (χ1n) is 6.13. The maximum atomic E-state index is 5.56. The van der Waals surface area contributed by atoms with Gasteiger partial charge in [-0.05, 0) is 30.4 Å². The first-order chi connectivity index (χ1) is 8.79. The molecule has 4 nitrogen and oxygen atoms in total. The Morgan fingerprint density at radius 2 is 2.22 bits per heavy atom. The zero-order valence-corrected chi connectivity index (χ0v) is 11.2. The molecule has 0 aromatic carbocycles. The number of anilines is 1. The summed E-state index contributed by atoms with van der Waals surface area (Å²) < 4.78 is 0. The van der Waals surface area contributed by atoms with E-state index in [1.807, 2.05) is 23.7 Å². The van der Waals surface area contributed by atoms with Crippen molar-refractivity contribution in [2.45, 2.75) is 25.9 Å². The van der Waals surface area contributed by atoms with E-state index in [4.69, 9.17) is 5.73 Å². The van der Waals surface area contributed by atoms with Gasteiger partial charge in [-0.25, -0.2) is 9.97 Å². The van der Waals surface area contributed by atoms with Gasteiger partial charge in [0.25, 0.3) is 0 Å². The van der Waals surface area contributed by atoms with Gasteiger partial charge in [-0.15, -0.1) is 11.3 Å². The predicted molar refractivity (Wildman–Crippen MR) is 73.7 cm³/mol. The van der Waals surface area contributed by atoms with Crippen LogP contribution in [0.5, 0.6) is 0 Å². The van der Waals surface area contributed by atoms with E-state index in [0.717, 1.165) is 24.5 Å². The van der Waals surface area contributed by atoms with E-state index in [9.17, 15) is 0 Å². The van der Waals surface area contributed by atoms with Crippen molar-refractivity contribution in [3.63, 3.8) is 0 Å². The second-order valence-electron chi connectivity index (χ2n) is 4.51. The molecule has 2 aromatic rings. The summed E-state index contributed by atoms with van der Waals surface area (Å²) in [6.45, 7) is 3.69. The van der Waals surface area contributed by atoms with Crippen molar-refractivity contribution in [3.05, 3.63) is 39.8 Å². The van der Waals surface area contributed by atoms with Crippen molar-refractivity contribution in [2.75, 3.05) is 11.4 Å². The highest BCUT2D eigenvalue weighted by Crippen LogP contribution is 2.34.